The Labute approximate surface area is 150 Å². The van der Waals surface area contributed by atoms with E-state index in [2.05, 4.69) is 26.6 Å². The Morgan fingerprint density at radius 2 is 1.79 bits per heavy atom. The average Bonchev–Trinajstić information content (AvgIpc) is 2.61. The van der Waals surface area contributed by atoms with Gasteiger partial charge in [0.15, 0.2) is 0 Å². The Morgan fingerprint density at radius 1 is 1.04 bits per heavy atom. The van der Waals surface area contributed by atoms with Crippen LogP contribution in [0.2, 0.25) is 0 Å². The Kier molecular flexibility index (Phi) is 7.08. The van der Waals surface area contributed by atoms with E-state index in [1.807, 2.05) is 30.3 Å². The molecule has 0 heterocycles. The van der Waals surface area contributed by atoms with Gasteiger partial charge in [0.25, 0.3) is 5.91 Å². The molecule has 2 N–H and O–H groups in total. The lowest BCUT2D eigenvalue weighted by Crippen LogP contribution is -2.31. The molecule has 0 bridgehead atoms. The van der Waals surface area contributed by atoms with E-state index in [4.69, 9.17) is 9.47 Å². The lowest BCUT2D eigenvalue weighted by Gasteiger charge is -2.11. The van der Waals surface area contributed by atoms with Crippen LogP contribution in [-0.2, 0) is 6.54 Å². The molecule has 2 aromatic carbocycles. The van der Waals surface area contributed by atoms with E-state index >= 15 is 0 Å². The molecule has 0 fully saturated rings. The van der Waals surface area contributed by atoms with E-state index in [0.717, 1.165) is 21.5 Å². The van der Waals surface area contributed by atoms with Crippen LogP contribution in [-0.4, -0.2) is 33.2 Å². The maximum atomic E-state index is 12.0. The van der Waals surface area contributed by atoms with Gasteiger partial charge in [0.1, 0.15) is 11.5 Å². The van der Waals surface area contributed by atoms with Gasteiger partial charge in [0, 0.05) is 41.3 Å². The molecule has 6 heteroatoms. The molecule has 5 nitrogen and oxygen atoms in total. The Morgan fingerprint density at radius 3 is 2.46 bits per heavy atom. The minimum absolute atomic E-state index is 0.0775. The first-order chi connectivity index (χ1) is 11.6. The van der Waals surface area contributed by atoms with Crippen LogP contribution in [0.4, 0.5) is 0 Å². The summed E-state index contributed by atoms with van der Waals surface area (Å²) >= 11 is 3.35. The highest BCUT2D eigenvalue weighted by Gasteiger charge is 2.06. The third-order valence-electron chi connectivity index (χ3n) is 3.50. The monoisotopic (exact) mass is 392 g/mol. The van der Waals surface area contributed by atoms with Gasteiger partial charge >= 0.3 is 0 Å². The van der Waals surface area contributed by atoms with E-state index in [1.54, 1.807) is 26.4 Å². The van der Waals surface area contributed by atoms with Crippen molar-refractivity contribution in [3.63, 3.8) is 0 Å². The topological polar surface area (TPSA) is 59.6 Å². The maximum Gasteiger partial charge on any atom is 0.251 e. The van der Waals surface area contributed by atoms with Crippen LogP contribution in [0.25, 0.3) is 0 Å². The smallest absolute Gasteiger partial charge is 0.251 e. The predicted octanol–water partition coefficient (Wildman–Crippen LogP) is 2.99. The Bertz CT molecular complexity index is 674. The third kappa shape index (κ3) is 5.25. The number of hydrogen-bond acceptors (Lipinski definition) is 4. The minimum atomic E-state index is -0.0775. The number of methoxy groups -OCH3 is 2. The largest absolute Gasteiger partial charge is 0.497 e. The van der Waals surface area contributed by atoms with E-state index in [-0.39, 0.29) is 5.91 Å². The summed E-state index contributed by atoms with van der Waals surface area (Å²) in [5, 5.41) is 6.17. The number of benzene rings is 2. The number of carbonyl (C=O) groups is 1. The molecule has 0 spiro atoms. The zero-order valence-electron chi connectivity index (χ0n) is 13.8. The summed E-state index contributed by atoms with van der Waals surface area (Å²) in [5.41, 5.74) is 1.69. The average molecular weight is 393 g/mol. The quantitative estimate of drug-likeness (QED) is 0.677. The summed E-state index contributed by atoms with van der Waals surface area (Å²) in [6, 6.07) is 13.0. The van der Waals surface area contributed by atoms with Crippen LogP contribution >= 0.6 is 15.9 Å². The van der Waals surface area contributed by atoms with Crippen LogP contribution in [0.1, 0.15) is 15.9 Å². The second-order valence-electron chi connectivity index (χ2n) is 5.12. The van der Waals surface area contributed by atoms with Gasteiger partial charge in [0.2, 0.25) is 0 Å². The van der Waals surface area contributed by atoms with Crippen LogP contribution in [0, 0.1) is 0 Å². The molecule has 0 aliphatic heterocycles. The molecule has 2 aromatic rings. The van der Waals surface area contributed by atoms with Gasteiger partial charge in [-0.25, -0.2) is 0 Å². The molecule has 128 valence electrons. The highest BCUT2D eigenvalue weighted by Crippen LogP contribution is 2.24. The lowest BCUT2D eigenvalue weighted by molar-refractivity contribution is 0.0954. The third-order valence-corrected chi connectivity index (χ3v) is 4.03. The van der Waals surface area contributed by atoms with Crippen molar-refractivity contribution in [2.75, 3.05) is 27.3 Å². The molecule has 0 unspecified atom stereocenters. The highest BCUT2D eigenvalue weighted by molar-refractivity contribution is 9.10. The number of hydrogen-bond donors (Lipinski definition) is 2. The van der Waals surface area contributed by atoms with Gasteiger partial charge in [-0.1, -0.05) is 22.0 Å². The van der Waals surface area contributed by atoms with Gasteiger partial charge < -0.3 is 20.1 Å². The van der Waals surface area contributed by atoms with Crippen molar-refractivity contribution in [2.45, 2.75) is 6.54 Å². The molecule has 0 aliphatic rings. The van der Waals surface area contributed by atoms with Gasteiger partial charge in [-0.05, 0) is 30.3 Å². The van der Waals surface area contributed by atoms with Gasteiger partial charge in [-0.15, -0.1) is 0 Å². The molecule has 0 saturated carbocycles. The molecule has 0 saturated heterocycles. The zero-order valence-corrected chi connectivity index (χ0v) is 15.4. The van der Waals surface area contributed by atoms with Gasteiger partial charge in [-0.3, -0.25) is 4.79 Å². The fourth-order valence-corrected chi connectivity index (χ4v) is 2.45. The summed E-state index contributed by atoms with van der Waals surface area (Å²) in [5.74, 6) is 1.46. The summed E-state index contributed by atoms with van der Waals surface area (Å²) in [7, 11) is 3.26. The fourth-order valence-electron chi connectivity index (χ4n) is 2.19. The molecular formula is C18H21BrN2O3. The fraction of sp³-hybridized carbons (Fsp3) is 0.278. The first kappa shape index (κ1) is 18.3. The molecule has 24 heavy (non-hydrogen) atoms. The molecule has 0 radical (unpaired) electrons. The lowest BCUT2D eigenvalue weighted by atomic mass is 10.2. The maximum absolute atomic E-state index is 12.0. The molecule has 0 atom stereocenters. The number of rotatable bonds is 8. The summed E-state index contributed by atoms with van der Waals surface area (Å²) in [4.78, 5) is 12.0. The molecule has 0 aromatic heterocycles. The second-order valence-corrected chi connectivity index (χ2v) is 6.03. The Balaban J connectivity index is 1.75. The summed E-state index contributed by atoms with van der Waals surface area (Å²) in [6.07, 6.45) is 0. The highest BCUT2D eigenvalue weighted by atomic mass is 79.9. The minimum Gasteiger partial charge on any atom is -0.497 e. The number of halogens is 1. The number of amides is 1. The molecule has 0 aliphatic carbocycles. The van der Waals surface area contributed by atoms with Crippen molar-refractivity contribution in [1.82, 2.24) is 10.6 Å². The Hall–Kier alpha value is -2.05. The predicted molar refractivity (Wildman–Crippen MR) is 97.7 cm³/mol. The number of carbonyl (C=O) groups excluding carboxylic acids is 1. The summed E-state index contributed by atoms with van der Waals surface area (Å²) in [6.45, 7) is 1.87. The van der Waals surface area contributed by atoms with E-state index in [1.165, 1.54) is 0 Å². The van der Waals surface area contributed by atoms with Crippen LogP contribution in [0.5, 0.6) is 11.5 Å². The van der Waals surface area contributed by atoms with Crippen molar-refractivity contribution in [2.24, 2.45) is 0 Å². The van der Waals surface area contributed by atoms with Crippen molar-refractivity contribution in [3.8, 4) is 11.5 Å². The van der Waals surface area contributed by atoms with Crippen molar-refractivity contribution >= 4 is 21.8 Å². The molecular weight excluding hydrogens is 372 g/mol. The standard InChI is InChI=1S/C18H21BrN2O3/c1-23-16-8-5-14(17(11-16)24-2)12-20-9-10-21-18(22)13-3-6-15(19)7-4-13/h3-8,11,20H,9-10,12H2,1-2H3,(H,21,22). The van der Waals surface area contributed by atoms with E-state index < -0.39 is 0 Å². The number of nitrogens with one attached hydrogen (secondary N) is 2. The first-order valence-corrected chi connectivity index (χ1v) is 8.38. The van der Waals surface area contributed by atoms with Crippen molar-refractivity contribution in [1.29, 1.82) is 0 Å². The second kappa shape index (κ2) is 9.30. The summed E-state index contributed by atoms with van der Waals surface area (Å²) < 4.78 is 11.5. The van der Waals surface area contributed by atoms with E-state index in [0.29, 0.717) is 25.2 Å². The number of ether oxygens (including phenoxy) is 2. The zero-order chi connectivity index (χ0) is 17.4. The van der Waals surface area contributed by atoms with Gasteiger partial charge in [0.05, 0.1) is 14.2 Å². The van der Waals surface area contributed by atoms with Crippen LogP contribution < -0.4 is 20.1 Å². The molecule has 2 rings (SSSR count). The van der Waals surface area contributed by atoms with E-state index in [9.17, 15) is 4.79 Å². The van der Waals surface area contributed by atoms with Crippen molar-refractivity contribution < 1.29 is 14.3 Å². The SMILES string of the molecule is COc1ccc(CNCCNC(=O)c2ccc(Br)cc2)c(OC)c1. The van der Waals surface area contributed by atoms with Crippen molar-refractivity contribution in [3.05, 3.63) is 58.1 Å². The van der Waals surface area contributed by atoms with Gasteiger partial charge in [-0.2, -0.15) is 0 Å². The normalized spacial score (nSPS) is 10.3. The van der Waals surface area contributed by atoms with Crippen LogP contribution in [0.15, 0.2) is 46.9 Å². The molecule has 1 amide bonds. The van der Waals surface area contributed by atoms with Crippen LogP contribution in [0.3, 0.4) is 0 Å². The first-order valence-electron chi connectivity index (χ1n) is 7.59.